The number of likely N-dealkylation sites (tertiary alicyclic amines) is 1. The summed E-state index contributed by atoms with van der Waals surface area (Å²) in [6.45, 7) is 6.35. The van der Waals surface area contributed by atoms with Crippen LogP contribution in [0.15, 0.2) is 18.2 Å². The number of unbranched alkanes of at least 4 members (excludes halogenated alkanes) is 1. The lowest BCUT2D eigenvalue weighted by molar-refractivity contribution is -0.738. The van der Waals surface area contributed by atoms with Crippen LogP contribution in [-0.4, -0.2) is 35.2 Å². The Kier molecular flexibility index (Phi) is 4.10. The van der Waals surface area contributed by atoms with Gasteiger partial charge >= 0.3 is 0 Å². The Morgan fingerprint density at radius 3 is 2.67 bits per heavy atom. The quantitative estimate of drug-likeness (QED) is 0.771. The van der Waals surface area contributed by atoms with E-state index in [1.807, 2.05) is 26.1 Å². The number of halogens is 1. The highest BCUT2D eigenvalue weighted by molar-refractivity contribution is 6.13. The van der Waals surface area contributed by atoms with E-state index in [9.17, 15) is 18.8 Å². The number of anilines is 1. The maximum atomic E-state index is 14.0. The van der Waals surface area contributed by atoms with Gasteiger partial charge in [-0.1, -0.05) is 27.2 Å². The lowest BCUT2D eigenvalue weighted by Crippen LogP contribution is -2.99. The molecule has 0 aliphatic carbocycles. The molecule has 7 heteroatoms. The summed E-state index contributed by atoms with van der Waals surface area (Å²) in [5.74, 6) is -2.55. The van der Waals surface area contributed by atoms with Gasteiger partial charge in [-0.05, 0) is 24.6 Å². The Hall–Kier alpha value is -2.28. The van der Waals surface area contributed by atoms with Gasteiger partial charge < -0.3 is 10.6 Å². The third-order valence-electron chi connectivity index (χ3n) is 6.36. The molecule has 3 aliphatic rings. The molecule has 4 rings (SSSR count). The fourth-order valence-electron chi connectivity index (χ4n) is 5.06. The number of nitrogens with one attached hydrogen (secondary N) is 1. The lowest BCUT2D eigenvalue weighted by atomic mass is 9.76. The highest BCUT2D eigenvalue weighted by Crippen LogP contribution is 2.50. The molecular formula is C20H25FN3O3+. The highest BCUT2D eigenvalue weighted by atomic mass is 19.1. The normalized spacial score (nSPS) is 31.8. The van der Waals surface area contributed by atoms with Gasteiger partial charge in [0, 0.05) is 18.0 Å². The van der Waals surface area contributed by atoms with Crippen LogP contribution in [-0.2, 0) is 19.9 Å². The molecule has 1 aromatic carbocycles. The van der Waals surface area contributed by atoms with Crippen LogP contribution < -0.4 is 10.6 Å². The van der Waals surface area contributed by atoms with E-state index in [1.54, 1.807) is 0 Å². The summed E-state index contributed by atoms with van der Waals surface area (Å²) in [5.41, 5.74) is -0.276. The molecular weight excluding hydrogens is 349 g/mol. The molecule has 0 bridgehead atoms. The molecule has 0 saturated carbocycles. The van der Waals surface area contributed by atoms with Gasteiger partial charge in [0.2, 0.25) is 17.4 Å². The van der Waals surface area contributed by atoms with Crippen LogP contribution in [0.4, 0.5) is 10.1 Å². The summed E-state index contributed by atoms with van der Waals surface area (Å²) >= 11 is 0. The van der Waals surface area contributed by atoms with Crippen LogP contribution in [0.2, 0.25) is 0 Å². The van der Waals surface area contributed by atoms with Crippen molar-refractivity contribution in [2.45, 2.75) is 45.2 Å². The Morgan fingerprint density at radius 1 is 1.26 bits per heavy atom. The molecule has 3 amide bonds. The van der Waals surface area contributed by atoms with Crippen molar-refractivity contribution in [3.63, 3.8) is 0 Å². The fraction of sp³-hybridized carbons (Fsp3) is 0.550. The zero-order valence-electron chi connectivity index (χ0n) is 15.8. The number of hydrogen-bond acceptors (Lipinski definition) is 3. The molecule has 1 spiro atoms. The number of nitrogens with zero attached hydrogens (tertiary/aromatic N) is 1. The largest absolute Gasteiger partial charge is 0.326 e. The second-order valence-electron chi connectivity index (χ2n) is 8.19. The third-order valence-corrected chi connectivity index (χ3v) is 6.36. The zero-order chi connectivity index (χ0) is 19.5. The Labute approximate surface area is 157 Å². The number of fused-ring (bicyclic) bond motifs is 4. The van der Waals surface area contributed by atoms with Crippen molar-refractivity contribution in [3.8, 4) is 0 Å². The van der Waals surface area contributed by atoms with Crippen molar-refractivity contribution >= 4 is 23.4 Å². The Balaban J connectivity index is 1.86. The van der Waals surface area contributed by atoms with E-state index in [4.69, 9.17) is 0 Å². The summed E-state index contributed by atoms with van der Waals surface area (Å²) in [6, 6.07) is 3.94. The number of carbonyl (C=O) groups excluding carboxylic acids is 3. The average molecular weight is 374 g/mol. The number of amides is 3. The first-order valence-electron chi connectivity index (χ1n) is 9.65. The number of quaternary nitrogens is 1. The number of rotatable bonds is 4. The summed E-state index contributed by atoms with van der Waals surface area (Å²) in [6.07, 6.45) is 1.60. The van der Waals surface area contributed by atoms with E-state index in [0.717, 1.165) is 12.8 Å². The second-order valence-corrected chi connectivity index (χ2v) is 8.19. The minimum absolute atomic E-state index is 0.0881. The third kappa shape index (κ3) is 2.30. The van der Waals surface area contributed by atoms with Gasteiger partial charge in [-0.25, -0.2) is 4.39 Å². The number of imide groups is 1. The van der Waals surface area contributed by atoms with Crippen molar-refractivity contribution in [1.29, 1.82) is 0 Å². The van der Waals surface area contributed by atoms with Gasteiger partial charge in [0.15, 0.2) is 0 Å². The minimum atomic E-state index is -1.27. The molecule has 1 aromatic rings. The summed E-state index contributed by atoms with van der Waals surface area (Å²) in [5, 5.41) is 4.65. The van der Waals surface area contributed by atoms with Crippen LogP contribution in [0, 0.1) is 23.6 Å². The molecule has 0 aromatic heterocycles. The standard InChI is InChI=1S/C20H24FN3O3/c1-4-5-8-24-17(25)14-15(18(24)26)20(23-16(14)10(2)3)12-9-11(21)6-7-13(12)22-19(20)27/h6-7,9-10,14-16,23H,4-5,8H2,1-3H3,(H,22,27)/p+1/t14-,15-,16-,20+/m0/s1. The van der Waals surface area contributed by atoms with E-state index < -0.39 is 23.2 Å². The molecule has 3 heterocycles. The van der Waals surface area contributed by atoms with Gasteiger partial charge in [-0.2, -0.15) is 0 Å². The maximum Gasteiger partial charge on any atom is 0.291 e. The number of hydrogen-bond donors (Lipinski definition) is 2. The van der Waals surface area contributed by atoms with E-state index >= 15 is 0 Å². The van der Waals surface area contributed by atoms with Crippen LogP contribution in [0.5, 0.6) is 0 Å². The smallest absolute Gasteiger partial charge is 0.291 e. The fourth-order valence-corrected chi connectivity index (χ4v) is 5.06. The first-order chi connectivity index (χ1) is 12.8. The Bertz CT molecular complexity index is 840. The van der Waals surface area contributed by atoms with Crippen molar-refractivity contribution in [2.75, 3.05) is 11.9 Å². The molecule has 0 unspecified atom stereocenters. The van der Waals surface area contributed by atoms with Gasteiger partial charge in [0.1, 0.15) is 23.7 Å². The summed E-state index contributed by atoms with van der Waals surface area (Å²) in [7, 11) is 0. The van der Waals surface area contributed by atoms with E-state index in [-0.39, 0.29) is 29.7 Å². The predicted molar refractivity (Wildman–Crippen MR) is 95.9 cm³/mol. The van der Waals surface area contributed by atoms with Gasteiger partial charge in [-0.3, -0.25) is 19.3 Å². The van der Waals surface area contributed by atoms with Crippen LogP contribution in [0.3, 0.4) is 0 Å². The Morgan fingerprint density at radius 2 is 2.00 bits per heavy atom. The second kappa shape index (κ2) is 6.12. The molecule has 2 saturated heterocycles. The predicted octanol–water partition coefficient (Wildman–Crippen LogP) is 0.976. The number of benzene rings is 1. The topological polar surface area (TPSA) is 83.1 Å². The molecule has 6 nitrogen and oxygen atoms in total. The first kappa shape index (κ1) is 18.1. The minimum Gasteiger partial charge on any atom is -0.326 e. The van der Waals surface area contributed by atoms with Crippen molar-refractivity contribution in [3.05, 3.63) is 29.6 Å². The molecule has 27 heavy (non-hydrogen) atoms. The monoisotopic (exact) mass is 374 g/mol. The SMILES string of the molecule is CCCCN1C(=O)[C@H]2[C@@H](C1=O)[C@@]1([NH2+][C@H]2C(C)C)C(=O)Nc2ccc(F)cc21. The van der Waals surface area contributed by atoms with Gasteiger partial charge in [0.25, 0.3) is 5.91 Å². The van der Waals surface area contributed by atoms with Gasteiger partial charge in [0.05, 0.1) is 5.69 Å². The highest BCUT2D eigenvalue weighted by Gasteiger charge is 2.74. The average Bonchev–Trinajstić information content (AvgIpc) is 3.20. The molecule has 144 valence electrons. The van der Waals surface area contributed by atoms with Crippen molar-refractivity contribution < 1.29 is 24.1 Å². The molecule has 0 radical (unpaired) electrons. The summed E-state index contributed by atoms with van der Waals surface area (Å²) in [4.78, 5) is 40.8. The molecule has 4 atom stereocenters. The van der Waals surface area contributed by atoms with Crippen molar-refractivity contribution in [2.24, 2.45) is 17.8 Å². The van der Waals surface area contributed by atoms with E-state index in [1.165, 1.54) is 23.1 Å². The molecule has 2 fully saturated rings. The zero-order valence-corrected chi connectivity index (χ0v) is 15.8. The number of nitrogens with two attached hydrogens (primary N) is 1. The van der Waals surface area contributed by atoms with E-state index in [2.05, 4.69) is 5.32 Å². The van der Waals surface area contributed by atoms with Crippen molar-refractivity contribution in [1.82, 2.24) is 4.90 Å². The van der Waals surface area contributed by atoms with Crippen LogP contribution in [0.1, 0.15) is 39.2 Å². The van der Waals surface area contributed by atoms with E-state index in [0.29, 0.717) is 17.8 Å². The first-order valence-corrected chi connectivity index (χ1v) is 9.65. The lowest BCUT2D eigenvalue weighted by Gasteiger charge is -2.27. The number of carbonyl (C=O) groups is 3. The van der Waals surface area contributed by atoms with Crippen LogP contribution in [0.25, 0.3) is 0 Å². The molecule has 3 N–H and O–H groups in total. The molecule has 3 aliphatic heterocycles. The maximum absolute atomic E-state index is 14.0. The van der Waals surface area contributed by atoms with Gasteiger partial charge in [-0.15, -0.1) is 0 Å². The van der Waals surface area contributed by atoms with Crippen LogP contribution >= 0.6 is 0 Å². The summed E-state index contributed by atoms with van der Waals surface area (Å²) < 4.78 is 14.0.